The van der Waals surface area contributed by atoms with E-state index in [9.17, 15) is 9.90 Å². The van der Waals surface area contributed by atoms with Crippen LogP contribution < -0.4 is 0 Å². The first-order chi connectivity index (χ1) is 9.41. The van der Waals surface area contributed by atoms with Crippen molar-refractivity contribution in [1.82, 2.24) is 4.98 Å². The van der Waals surface area contributed by atoms with Gasteiger partial charge in [0.05, 0.1) is 16.5 Å². The molecule has 1 aromatic heterocycles. The number of carbonyl (C=O) groups is 1. The molecule has 0 fully saturated rings. The molecule has 20 heavy (non-hydrogen) atoms. The summed E-state index contributed by atoms with van der Waals surface area (Å²) < 4.78 is 0. The second-order valence-corrected chi connectivity index (χ2v) is 7.14. The summed E-state index contributed by atoms with van der Waals surface area (Å²) in [7, 11) is 0. The van der Waals surface area contributed by atoms with Crippen LogP contribution in [0.5, 0.6) is 0 Å². The fourth-order valence-corrected chi connectivity index (χ4v) is 3.69. The van der Waals surface area contributed by atoms with Crippen molar-refractivity contribution < 1.29 is 9.90 Å². The van der Waals surface area contributed by atoms with Crippen LogP contribution in [0.4, 0.5) is 0 Å². The van der Waals surface area contributed by atoms with E-state index >= 15 is 0 Å². The molecule has 2 aromatic rings. The van der Waals surface area contributed by atoms with Crippen LogP contribution in [0.25, 0.3) is 0 Å². The van der Waals surface area contributed by atoms with Gasteiger partial charge in [-0.25, -0.2) is 4.98 Å². The quantitative estimate of drug-likeness (QED) is 0.824. The van der Waals surface area contributed by atoms with Gasteiger partial charge in [0, 0.05) is 10.3 Å². The first-order valence-corrected chi connectivity index (χ1v) is 8.21. The SMILES string of the molecule is CC(C)(C(=O)O)c1csc(CSc2ccccc2Cl)n1. The molecular weight excluding hydrogens is 314 g/mol. The van der Waals surface area contributed by atoms with E-state index in [1.807, 2.05) is 29.6 Å². The van der Waals surface area contributed by atoms with Crippen molar-refractivity contribution in [2.45, 2.75) is 29.9 Å². The first kappa shape index (κ1) is 15.4. The van der Waals surface area contributed by atoms with Crippen molar-refractivity contribution in [2.75, 3.05) is 0 Å². The molecule has 1 heterocycles. The smallest absolute Gasteiger partial charge is 0.315 e. The minimum Gasteiger partial charge on any atom is -0.481 e. The predicted molar refractivity (Wildman–Crippen MR) is 83.8 cm³/mol. The van der Waals surface area contributed by atoms with E-state index in [0.29, 0.717) is 11.4 Å². The highest BCUT2D eigenvalue weighted by molar-refractivity contribution is 7.98. The van der Waals surface area contributed by atoms with E-state index in [0.717, 1.165) is 14.9 Å². The molecule has 0 saturated heterocycles. The fourth-order valence-electron chi connectivity index (χ4n) is 1.48. The van der Waals surface area contributed by atoms with Gasteiger partial charge in [0.2, 0.25) is 0 Å². The molecule has 0 spiro atoms. The second-order valence-electron chi connectivity index (χ2n) is 4.78. The van der Waals surface area contributed by atoms with Crippen LogP contribution in [0.15, 0.2) is 34.5 Å². The molecule has 0 aliphatic carbocycles. The van der Waals surface area contributed by atoms with Crippen molar-refractivity contribution in [3.05, 3.63) is 45.4 Å². The van der Waals surface area contributed by atoms with E-state index in [1.165, 1.54) is 11.3 Å². The number of rotatable bonds is 5. The topological polar surface area (TPSA) is 50.2 Å². The molecule has 3 nitrogen and oxygen atoms in total. The molecule has 1 aromatic carbocycles. The molecular formula is C14H14ClNO2S2. The lowest BCUT2D eigenvalue weighted by Crippen LogP contribution is -2.28. The Hall–Kier alpha value is -1.04. The molecule has 106 valence electrons. The van der Waals surface area contributed by atoms with Gasteiger partial charge in [-0.3, -0.25) is 4.79 Å². The van der Waals surface area contributed by atoms with Crippen LogP contribution in [-0.4, -0.2) is 16.1 Å². The molecule has 0 aliphatic heterocycles. The number of hydrogen-bond acceptors (Lipinski definition) is 4. The highest BCUT2D eigenvalue weighted by Gasteiger charge is 2.32. The van der Waals surface area contributed by atoms with Crippen LogP contribution in [0.1, 0.15) is 24.5 Å². The van der Waals surface area contributed by atoms with E-state index < -0.39 is 11.4 Å². The number of thioether (sulfide) groups is 1. The highest BCUT2D eigenvalue weighted by Crippen LogP contribution is 2.32. The Morgan fingerprint density at radius 3 is 2.80 bits per heavy atom. The third-order valence-corrected chi connectivity index (χ3v) is 5.47. The van der Waals surface area contributed by atoms with Gasteiger partial charge in [0.25, 0.3) is 0 Å². The number of halogens is 1. The summed E-state index contributed by atoms with van der Waals surface area (Å²) in [5.41, 5.74) is -0.353. The van der Waals surface area contributed by atoms with E-state index in [4.69, 9.17) is 11.6 Å². The number of thiazole rings is 1. The zero-order valence-electron chi connectivity index (χ0n) is 11.1. The highest BCUT2D eigenvalue weighted by atomic mass is 35.5. The van der Waals surface area contributed by atoms with Crippen LogP contribution in [0.2, 0.25) is 5.02 Å². The molecule has 6 heteroatoms. The Bertz CT molecular complexity index is 625. The van der Waals surface area contributed by atoms with Gasteiger partial charge in [0.1, 0.15) is 10.4 Å². The average Bonchev–Trinajstić information content (AvgIpc) is 2.87. The van der Waals surface area contributed by atoms with Crippen LogP contribution in [-0.2, 0) is 16.0 Å². The van der Waals surface area contributed by atoms with Crippen molar-refractivity contribution >= 4 is 40.7 Å². The number of hydrogen-bond donors (Lipinski definition) is 1. The van der Waals surface area contributed by atoms with Gasteiger partial charge in [-0.1, -0.05) is 23.7 Å². The lowest BCUT2D eigenvalue weighted by atomic mass is 9.90. The predicted octanol–water partition coefficient (Wildman–Crippen LogP) is 4.45. The molecule has 0 radical (unpaired) electrons. The van der Waals surface area contributed by atoms with Crippen molar-refractivity contribution in [3.63, 3.8) is 0 Å². The number of benzene rings is 1. The molecule has 0 amide bonds. The standard InChI is InChI=1S/C14H14ClNO2S2/c1-14(2,13(17)18)11-7-20-12(16-11)8-19-10-6-4-3-5-9(10)15/h3-7H,8H2,1-2H3,(H,17,18). The molecule has 0 bridgehead atoms. The zero-order valence-corrected chi connectivity index (χ0v) is 13.5. The average molecular weight is 328 g/mol. The number of carboxylic acid groups (broad SMARTS) is 1. The van der Waals surface area contributed by atoms with E-state index in [-0.39, 0.29) is 0 Å². The van der Waals surface area contributed by atoms with Gasteiger partial charge in [-0.05, 0) is 26.0 Å². The summed E-state index contributed by atoms with van der Waals surface area (Å²) in [6.07, 6.45) is 0. The Morgan fingerprint density at radius 1 is 1.45 bits per heavy atom. The third kappa shape index (κ3) is 3.34. The van der Waals surface area contributed by atoms with Crippen LogP contribution >= 0.6 is 34.7 Å². The van der Waals surface area contributed by atoms with Gasteiger partial charge in [0.15, 0.2) is 0 Å². The largest absolute Gasteiger partial charge is 0.481 e. The number of nitrogens with zero attached hydrogens (tertiary/aromatic N) is 1. The summed E-state index contributed by atoms with van der Waals surface area (Å²) in [5, 5.41) is 12.6. The second kappa shape index (κ2) is 6.16. The summed E-state index contributed by atoms with van der Waals surface area (Å²) in [5.74, 6) is -0.183. The summed E-state index contributed by atoms with van der Waals surface area (Å²) in [4.78, 5) is 16.6. The molecule has 0 atom stereocenters. The Kier molecular flexibility index (Phi) is 4.73. The Labute approximate surface area is 131 Å². The first-order valence-electron chi connectivity index (χ1n) is 5.97. The molecule has 2 rings (SSSR count). The monoisotopic (exact) mass is 327 g/mol. The number of carboxylic acids is 1. The van der Waals surface area contributed by atoms with Crippen molar-refractivity contribution in [2.24, 2.45) is 0 Å². The van der Waals surface area contributed by atoms with E-state index in [1.54, 1.807) is 25.6 Å². The third-order valence-electron chi connectivity index (χ3n) is 2.91. The van der Waals surface area contributed by atoms with Gasteiger partial charge in [-0.2, -0.15) is 0 Å². The molecule has 0 unspecified atom stereocenters. The molecule has 0 saturated carbocycles. The van der Waals surface area contributed by atoms with Gasteiger partial charge in [-0.15, -0.1) is 23.1 Å². The number of aromatic nitrogens is 1. The minimum absolute atomic E-state index is 0.602. The molecule has 1 N–H and O–H groups in total. The van der Waals surface area contributed by atoms with E-state index in [2.05, 4.69) is 4.98 Å². The summed E-state index contributed by atoms with van der Waals surface area (Å²) in [6, 6.07) is 7.64. The van der Waals surface area contributed by atoms with Crippen LogP contribution in [0.3, 0.4) is 0 Å². The Balaban J connectivity index is 2.08. The van der Waals surface area contributed by atoms with Crippen molar-refractivity contribution in [3.8, 4) is 0 Å². The Morgan fingerprint density at radius 2 is 2.15 bits per heavy atom. The van der Waals surface area contributed by atoms with Gasteiger partial charge >= 0.3 is 5.97 Å². The molecule has 0 aliphatic rings. The van der Waals surface area contributed by atoms with Crippen molar-refractivity contribution in [1.29, 1.82) is 0 Å². The van der Waals surface area contributed by atoms with Gasteiger partial charge < -0.3 is 5.11 Å². The fraction of sp³-hybridized carbons (Fsp3) is 0.286. The normalized spacial score (nSPS) is 11.6. The number of aliphatic carboxylic acids is 1. The maximum absolute atomic E-state index is 11.2. The lowest BCUT2D eigenvalue weighted by molar-refractivity contribution is -0.142. The minimum atomic E-state index is -0.955. The van der Waals surface area contributed by atoms with Crippen LogP contribution in [0, 0.1) is 0 Å². The summed E-state index contributed by atoms with van der Waals surface area (Å²) in [6.45, 7) is 3.32. The lowest BCUT2D eigenvalue weighted by Gasteiger charge is -2.15. The maximum atomic E-state index is 11.2. The maximum Gasteiger partial charge on any atom is 0.315 e. The zero-order chi connectivity index (χ0) is 14.8. The summed E-state index contributed by atoms with van der Waals surface area (Å²) >= 11 is 9.18.